The first-order chi connectivity index (χ1) is 7.23. The molecule has 0 spiro atoms. The van der Waals surface area contributed by atoms with E-state index in [-0.39, 0.29) is 24.0 Å². The van der Waals surface area contributed by atoms with Gasteiger partial charge in [-0.3, -0.25) is 0 Å². The maximum atomic E-state index is 11.8. The Bertz CT molecular complexity index is 318. The van der Waals surface area contributed by atoms with Crippen molar-refractivity contribution in [2.24, 2.45) is 5.92 Å². The van der Waals surface area contributed by atoms with Gasteiger partial charge in [0.15, 0.2) is 0 Å². The lowest BCUT2D eigenvalue weighted by molar-refractivity contribution is 0.0910. The van der Waals surface area contributed by atoms with Crippen LogP contribution >= 0.6 is 0 Å². The number of hydrogen-bond donors (Lipinski definition) is 1. The summed E-state index contributed by atoms with van der Waals surface area (Å²) in [6.45, 7) is 7.95. The molecule has 0 amide bonds. The lowest BCUT2D eigenvalue weighted by Gasteiger charge is -2.25. The van der Waals surface area contributed by atoms with Crippen molar-refractivity contribution < 1.29 is 13.2 Å². The molecule has 1 aliphatic rings. The molecule has 0 aromatic carbocycles. The number of rotatable bonds is 7. The van der Waals surface area contributed by atoms with E-state index in [4.69, 9.17) is 4.74 Å². The molecule has 0 aliphatic heterocycles. The number of sulfonamides is 1. The minimum Gasteiger partial charge on any atom is -0.378 e. The Morgan fingerprint density at radius 1 is 1.38 bits per heavy atom. The Morgan fingerprint density at radius 2 is 1.94 bits per heavy atom. The van der Waals surface area contributed by atoms with Gasteiger partial charge >= 0.3 is 0 Å². The average molecular weight is 249 g/mol. The van der Waals surface area contributed by atoms with Crippen LogP contribution in [0.5, 0.6) is 0 Å². The van der Waals surface area contributed by atoms with Crippen LogP contribution in [0, 0.1) is 5.92 Å². The summed E-state index contributed by atoms with van der Waals surface area (Å²) in [5, 5.41) is 0. The summed E-state index contributed by atoms with van der Waals surface area (Å²) in [6.07, 6.45) is 2.32. The van der Waals surface area contributed by atoms with Crippen molar-refractivity contribution in [3.63, 3.8) is 0 Å². The molecule has 1 aliphatic carbocycles. The Kier molecular flexibility index (Phi) is 4.37. The Labute approximate surface area is 98.8 Å². The predicted molar refractivity (Wildman–Crippen MR) is 64.8 cm³/mol. The molecule has 0 unspecified atom stereocenters. The van der Waals surface area contributed by atoms with Crippen LogP contribution in [0.2, 0.25) is 0 Å². The number of nitrogens with one attached hydrogen (secondary N) is 1. The molecule has 0 atom stereocenters. The van der Waals surface area contributed by atoms with Gasteiger partial charge in [0.2, 0.25) is 10.0 Å². The van der Waals surface area contributed by atoms with Crippen molar-refractivity contribution in [3.05, 3.63) is 0 Å². The lowest BCUT2D eigenvalue weighted by atomic mass is 10.0. The molecule has 5 heteroatoms. The fourth-order valence-corrected chi connectivity index (χ4v) is 3.12. The van der Waals surface area contributed by atoms with Crippen molar-refractivity contribution in [1.29, 1.82) is 0 Å². The van der Waals surface area contributed by atoms with Crippen molar-refractivity contribution in [1.82, 2.24) is 4.72 Å². The molecule has 16 heavy (non-hydrogen) atoms. The molecule has 4 nitrogen and oxygen atoms in total. The summed E-state index contributed by atoms with van der Waals surface area (Å²) in [6, 6.07) is 0. The zero-order valence-electron chi connectivity index (χ0n) is 10.6. The molecule has 1 N–H and O–H groups in total. The zero-order valence-corrected chi connectivity index (χ0v) is 11.4. The first-order valence-electron chi connectivity index (χ1n) is 5.86. The third-order valence-electron chi connectivity index (χ3n) is 2.82. The summed E-state index contributed by atoms with van der Waals surface area (Å²) < 4.78 is 31.5. The van der Waals surface area contributed by atoms with Crippen LogP contribution in [0.4, 0.5) is 0 Å². The maximum Gasteiger partial charge on any atom is 0.214 e. The molecule has 1 saturated carbocycles. The molecule has 1 rings (SSSR count). The van der Waals surface area contributed by atoms with E-state index in [9.17, 15) is 8.42 Å². The van der Waals surface area contributed by atoms with Crippen LogP contribution in [0.1, 0.15) is 40.5 Å². The van der Waals surface area contributed by atoms with Gasteiger partial charge in [0.05, 0.1) is 18.5 Å². The van der Waals surface area contributed by atoms with E-state index < -0.39 is 10.0 Å². The maximum absolute atomic E-state index is 11.8. The summed E-state index contributed by atoms with van der Waals surface area (Å²) in [5.41, 5.74) is -0.309. The highest BCUT2D eigenvalue weighted by atomic mass is 32.2. The van der Waals surface area contributed by atoms with Gasteiger partial charge in [-0.25, -0.2) is 13.1 Å². The summed E-state index contributed by atoms with van der Waals surface area (Å²) in [4.78, 5) is 0. The van der Waals surface area contributed by atoms with Gasteiger partial charge in [0.1, 0.15) is 0 Å². The highest BCUT2D eigenvalue weighted by Gasteiger charge is 2.40. The van der Waals surface area contributed by atoms with Crippen molar-refractivity contribution in [3.8, 4) is 0 Å². The molecule has 0 heterocycles. The minimum atomic E-state index is -3.21. The topological polar surface area (TPSA) is 55.4 Å². The lowest BCUT2D eigenvalue weighted by Crippen LogP contribution is -2.46. The first-order valence-corrected chi connectivity index (χ1v) is 7.51. The van der Waals surface area contributed by atoms with E-state index in [1.165, 1.54) is 0 Å². The fraction of sp³-hybridized carbons (Fsp3) is 1.00. The molecular formula is C11H23NO3S. The average Bonchev–Trinajstić information content (AvgIpc) is 2.80. The van der Waals surface area contributed by atoms with E-state index in [1.54, 1.807) is 0 Å². The van der Waals surface area contributed by atoms with Gasteiger partial charge in [-0.2, -0.15) is 0 Å². The zero-order chi connectivity index (χ0) is 12.4. The van der Waals surface area contributed by atoms with Crippen molar-refractivity contribution in [2.75, 3.05) is 12.4 Å². The second kappa shape index (κ2) is 5.02. The van der Waals surface area contributed by atoms with Crippen LogP contribution < -0.4 is 4.72 Å². The van der Waals surface area contributed by atoms with Crippen LogP contribution in [0.25, 0.3) is 0 Å². The monoisotopic (exact) mass is 249 g/mol. The molecule has 0 saturated heterocycles. The van der Waals surface area contributed by atoms with Crippen LogP contribution in [0.15, 0.2) is 0 Å². The first kappa shape index (κ1) is 13.9. The van der Waals surface area contributed by atoms with Gasteiger partial charge < -0.3 is 4.74 Å². The molecule has 96 valence electrons. The van der Waals surface area contributed by atoms with Crippen LogP contribution in [-0.4, -0.2) is 32.4 Å². The normalized spacial score (nSPS) is 18.1. The summed E-state index contributed by atoms with van der Waals surface area (Å²) >= 11 is 0. The van der Waals surface area contributed by atoms with Gasteiger partial charge in [0.25, 0.3) is 0 Å². The Balaban J connectivity index is 2.39. The van der Waals surface area contributed by atoms with E-state index in [2.05, 4.69) is 4.72 Å². The fourth-order valence-electron chi connectivity index (χ4n) is 1.73. The standard InChI is InChI=1S/C11H23NO3S/c1-9(2)15-7-8-16(13,14)12-11(3,4)10-5-6-10/h9-10,12H,5-8H2,1-4H3. The SMILES string of the molecule is CC(C)OCCS(=O)(=O)NC(C)(C)C1CC1. The van der Waals surface area contributed by atoms with Crippen molar-refractivity contribution >= 4 is 10.0 Å². The number of ether oxygens (including phenoxy) is 1. The molecule has 0 aromatic rings. The van der Waals surface area contributed by atoms with Crippen LogP contribution in [-0.2, 0) is 14.8 Å². The largest absolute Gasteiger partial charge is 0.378 e. The number of hydrogen-bond acceptors (Lipinski definition) is 3. The Hall–Kier alpha value is -0.130. The van der Waals surface area contributed by atoms with Gasteiger partial charge in [-0.15, -0.1) is 0 Å². The van der Waals surface area contributed by atoms with E-state index in [0.717, 1.165) is 12.8 Å². The molecular weight excluding hydrogens is 226 g/mol. The predicted octanol–water partition coefficient (Wildman–Crippen LogP) is 1.52. The highest BCUT2D eigenvalue weighted by Crippen LogP contribution is 2.39. The second-order valence-corrected chi connectivity index (χ2v) is 7.18. The van der Waals surface area contributed by atoms with Crippen LogP contribution in [0.3, 0.4) is 0 Å². The van der Waals surface area contributed by atoms with E-state index in [0.29, 0.717) is 5.92 Å². The quantitative estimate of drug-likeness (QED) is 0.744. The molecule has 0 radical (unpaired) electrons. The third-order valence-corrected chi connectivity index (χ3v) is 4.36. The van der Waals surface area contributed by atoms with Crippen molar-refractivity contribution in [2.45, 2.75) is 52.2 Å². The molecule has 1 fully saturated rings. The summed E-state index contributed by atoms with van der Waals surface area (Å²) in [5.74, 6) is 0.537. The van der Waals surface area contributed by atoms with Gasteiger partial charge in [0, 0.05) is 5.54 Å². The van der Waals surface area contributed by atoms with Gasteiger partial charge in [-0.1, -0.05) is 0 Å². The molecule has 0 aromatic heterocycles. The van der Waals surface area contributed by atoms with Gasteiger partial charge in [-0.05, 0) is 46.5 Å². The highest BCUT2D eigenvalue weighted by molar-refractivity contribution is 7.89. The minimum absolute atomic E-state index is 0.0430. The summed E-state index contributed by atoms with van der Waals surface area (Å²) in [7, 11) is -3.21. The van der Waals surface area contributed by atoms with E-state index in [1.807, 2.05) is 27.7 Å². The Morgan fingerprint density at radius 3 is 2.38 bits per heavy atom. The smallest absolute Gasteiger partial charge is 0.214 e. The van der Waals surface area contributed by atoms with E-state index >= 15 is 0 Å². The second-order valence-electron chi connectivity index (χ2n) is 5.34. The molecule has 0 bridgehead atoms. The third kappa shape index (κ3) is 4.80.